The number of aryl methyl sites for hydroxylation is 3. The van der Waals surface area contributed by atoms with Gasteiger partial charge in [0.2, 0.25) is 10.0 Å². The van der Waals surface area contributed by atoms with Crippen LogP contribution in [0, 0.1) is 20.8 Å². The number of fused-ring (bicyclic) bond motifs is 2. The van der Waals surface area contributed by atoms with Gasteiger partial charge < -0.3 is 4.98 Å². The maximum absolute atomic E-state index is 13.2. The SMILES string of the molecule is Cc1ccc(S(=O)(=O)N2CCc3cc4cc(C)c(=O)[nH]c4cc3C2)c(C)c1. The molecule has 2 heterocycles. The number of sulfonamides is 1. The number of H-pyrrole nitrogens is 1. The summed E-state index contributed by atoms with van der Waals surface area (Å²) in [5.41, 5.74) is 5.20. The Morgan fingerprint density at radius 3 is 2.48 bits per heavy atom. The molecule has 0 atom stereocenters. The van der Waals surface area contributed by atoms with Crippen LogP contribution < -0.4 is 5.56 Å². The van der Waals surface area contributed by atoms with Crippen molar-refractivity contribution < 1.29 is 8.42 Å². The number of aromatic amines is 1. The maximum atomic E-state index is 13.2. The molecule has 140 valence electrons. The van der Waals surface area contributed by atoms with Gasteiger partial charge in [-0.3, -0.25) is 4.79 Å². The molecule has 5 nitrogen and oxygen atoms in total. The van der Waals surface area contributed by atoms with Gasteiger partial charge in [-0.1, -0.05) is 17.7 Å². The third-order valence-electron chi connectivity index (χ3n) is 5.28. The summed E-state index contributed by atoms with van der Waals surface area (Å²) in [6.07, 6.45) is 0.660. The predicted molar refractivity (Wildman–Crippen MR) is 107 cm³/mol. The van der Waals surface area contributed by atoms with Crippen molar-refractivity contribution in [1.29, 1.82) is 0 Å². The second kappa shape index (κ2) is 6.32. The number of pyridine rings is 1. The van der Waals surface area contributed by atoms with E-state index in [1.54, 1.807) is 13.0 Å². The molecule has 0 unspecified atom stereocenters. The molecule has 1 aliphatic heterocycles. The van der Waals surface area contributed by atoms with Gasteiger partial charge in [-0.2, -0.15) is 4.31 Å². The fourth-order valence-corrected chi connectivity index (χ4v) is 5.41. The molecule has 0 spiro atoms. The van der Waals surface area contributed by atoms with Crippen LogP contribution >= 0.6 is 0 Å². The predicted octanol–water partition coefficient (Wildman–Crippen LogP) is 3.20. The van der Waals surface area contributed by atoms with Crippen molar-refractivity contribution in [3.05, 3.63) is 74.6 Å². The Morgan fingerprint density at radius 1 is 0.963 bits per heavy atom. The first-order valence-electron chi connectivity index (χ1n) is 8.98. The lowest BCUT2D eigenvalue weighted by Crippen LogP contribution is -2.36. The fraction of sp³-hybridized carbons (Fsp3) is 0.286. The Kier molecular flexibility index (Phi) is 4.20. The van der Waals surface area contributed by atoms with Crippen LogP contribution in [-0.4, -0.2) is 24.3 Å². The number of rotatable bonds is 2. The van der Waals surface area contributed by atoms with Crippen LogP contribution in [0.4, 0.5) is 0 Å². The number of hydrogen-bond acceptors (Lipinski definition) is 3. The molecule has 0 radical (unpaired) electrons. The van der Waals surface area contributed by atoms with E-state index < -0.39 is 10.0 Å². The molecule has 0 fully saturated rings. The molecule has 0 saturated heterocycles. The van der Waals surface area contributed by atoms with Crippen LogP contribution in [0.15, 0.2) is 46.1 Å². The van der Waals surface area contributed by atoms with Crippen LogP contribution in [0.5, 0.6) is 0 Å². The summed E-state index contributed by atoms with van der Waals surface area (Å²) >= 11 is 0. The molecular weight excluding hydrogens is 360 g/mol. The summed E-state index contributed by atoms with van der Waals surface area (Å²) in [6.45, 7) is 6.34. The summed E-state index contributed by atoms with van der Waals surface area (Å²) in [7, 11) is -3.56. The zero-order valence-electron chi connectivity index (χ0n) is 15.7. The van der Waals surface area contributed by atoms with E-state index in [-0.39, 0.29) is 5.56 Å². The summed E-state index contributed by atoms with van der Waals surface area (Å²) in [5, 5.41) is 0.983. The minimum absolute atomic E-state index is 0.113. The lowest BCUT2D eigenvalue weighted by Gasteiger charge is -2.29. The third kappa shape index (κ3) is 3.09. The molecule has 0 bridgehead atoms. The molecule has 0 amide bonds. The van der Waals surface area contributed by atoms with E-state index in [0.29, 0.717) is 30.0 Å². The van der Waals surface area contributed by atoms with Gasteiger partial charge in [0, 0.05) is 24.2 Å². The van der Waals surface area contributed by atoms with Gasteiger partial charge in [0.25, 0.3) is 5.56 Å². The quantitative estimate of drug-likeness (QED) is 0.740. The van der Waals surface area contributed by atoms with Gasteiger partial charge in [-0.05, 0) is 73.5 Å². The largest absolute Gasteiger partial charge is 0.322 e. The second-order valence-electron chi connectivity index (χ2n) is 7.35. The van der Waals surface area contributed by atoms with E-state index >= 15 is 0 Å². The molecule has 3 aromatic rings. The van der Waals surface area contributed by atoms with Gasteiger partial charge >= 0.3 is 0 Å². The molecule has 1 aliphatic rings. The Labute approximate surface area is 158 Å². The van der Waals surface area contributed by atoms with Crippen LogP contribution in [0.2, 0.25) is 0 Å². The van der Waals surface area contributed by atoms with Gasteiger partial charge in [-0.25, -0.2) is 8.42 Å². The average molecular weight is 382 g/mol. The summed E-state index contributed by atoms with van der Waals surface area (Å²) in [6, 6.07) is 11.3. The average Bonchev–Trinajstić information content (AvgIpc) is 2.60. The highest BCUT2D eigenvalue weighted by Gasteiger charge is 2.29. The Bertz CT molecular complexity index is 1230. The lowest BCUT2D eigenvalue weighted by molar-refractivity contribution is 0.391. The molecule has 0 saturated carbocycles. The molecular formula is C21H22N2O3S. The first-order chi connectivity index (χ1) is 12.8. The third-order valence-corrected chi connectivity index (χ3v) is 7.28. The van der Waals surface area contributed by atoms with Gasteiger partial charge in [0.15, 0.2) is 0 Å². The standard InChI is InChI=1S/C21H22N2O3S/c1-13-4-5-20(14(2)8-13)27(25,26)23-7-6-16-10-17-9-15(3)21(24)22-19(17)11-18(16)12-23/h4-5,8-11H,6-7,12H2,1-3H3,(H,22,24). The topological polar surface area (TPSA) is 70.2 Å². The minimum Gasteiger partial charge on any atom is -0.322 e. The van der Waals surface area contributed by atoms with Gasteiger partial charge in [0.05, 0.1) is 4.90 Å². The van der Waals surface area contributed by atoms with Crippen molar-refractivity contribution in [3.63, 3.8) is 0 Å². The highest BCUT2D eigenvalue weighted by Crippen LogP contribution is 2.29. The molecule has 1 aromatic heterocycles. The zero-order valence-corrected chi connectivity index (χ0v) is 16.5. The van der Waals surface area contributed by atoms with Gasteiger partial charge in [-0.15, -0.1) is 0 Å². The number of nitrogens with one attached hydrogen (secondary N) is 1. The highest BCUT2D eigenvalue weighted by molar-refractivity contribution is 7.89. The van der Waals surface area contributed by atoms with E-state index in [0.717, 1.165) is 33.2 Å². The normalized spacial score (nSPS) is 15.1. The lowest BCUT2D eigenvalue weighted by atomic mass is 9.98. The molecule has 1 N–H and O–H groups in total. The smallest absolute Gasteiger partial charge is 0.251 e. The zero-order chi connectivity index (χ0) is 19.3. The highest BCUT2D eigenvalue weighted by atomic mass is 32.2. The molecule has 6 heteroatoms. The van der Waals surface area contributed by atoms with E-state index in [9.17, 15) is 13.2 Å². The monoisotopic (exact) mass is 382 g/mol. The number of nitrogens with zero attached hydrogens (tertiary/aromatic N) is 1. The summed E-state index contributed by atoms with van der Waals surface area (Å²) in [4.78, 5) is 15.2. The van der Waals surface area contributed by atoms with E-state index in [4.69, 9.17) is 0 Å². The first-order valence-corrected chi connectivity index (χ1v) is 10.4. The van der Waals surface area contributed by atoms with E-state index in [2.05, 4.69) is 11.1 Å². The Hall–Kier alpha value is -2.44. The Morgan fingerprint density at radius 2 is 1.74 bits per heavy atom. The summed E-state index contributed by atoms with van der Waals surface area (Å²) < 4.78 is 27.9. The van der Waals surface area contributed by atoms with E-state index in [1.807, 2.05) is 38.1 Å². The van der Waals surface area contributed by atoms with Crippen LogP contribution in [-0.2, 0) is 23.0 Å². The Balaban J connectivity index is 1.74. The summed E-state index contributed by atoms with van der Waals surface area (Å²) in [5.74, 6) is 0. The van der Waals surface area contributed by atoms with Crippen molar-refractivity contribution in [2.75, 3.05) is 6.54 Å². The fourth-order valence-electron chi connectivity index (χ4n) is 3.78. The molecule has 27 heavy (non-hydrogen) atoms. The number of aromatic nitrogens is 1. The van der Waals surface area contributed by atoms with Crippen molar-refractivity contribution in [1.82, 2.24) is 9.29 Å². The van der Waals surface area contributed by atoms with E-state index in [1.165, 1.54) is 4.31 Å². The number of hydrogen-bond donors (Lipinski definition) is 1. The minimum atomic E-state index is -3.56. The molecule has 2 aromatic carbocycles. The van der Waals surface area contributed by atoms with Crippen LogP contribution in [0.3, 0.4) is 0 Å². The first kappa shape index (κ1) is 17.9. The molecule has 4 rings (SSSR count). The van der Waals surface area contributed by atoms with Crippen molar-refractivity contribution in [2.24, 2.45) is 0 Å². The number of benzene rings is 2. The molecule has 0 aliphatic carbocycles. The van der Waals surface area contributed by atoms with Crippen molar-refractivity contribution in [2.45, 2.75) is 38.6 Å². The van der Waals surface area contributed by atoms with Crippen LogP contribution in [0.25, 0.3) is 10.9 Å². The van der Waals surface area contributed by atoms with Crippen LogP contribution in [0.1, 0.15) is 27.8 Å². The maximum Gasteiger partial charge on any atom is 0.251 e. The van der Waals surface area contributed by atoms with Crippen molar-refractivity contribution >= 4 is 20.9 Å². The van der Waals surface area contributed by atoms with Crippen molar-refractivity contribution in [3.8, 4) is 0 Å². The van der Waals surface area contributed by atoms with Gasteiger partial charge in [0.1, 0.15) is 0 Å². The second-order valence-corrected chi connectivity index (χ2v) is 9.25.